The van der Waals surface area contributed by atoms with Crippen molar-refractivity contribution in [3.63, 3.8) is 0 Å². The zero-order valence-electron chi connectivity index (χ0n) is 12.4. The van der Waals surface area contributed by atoms with Crippen LogP contribution < -0.4 is 10.1 Å². The molecule has 0 saturated heterocycles. The second-order valence-corrected chi connectivity index (χ2v) is 4.83. The lowest BCUT2D eigenvalue weighted by Crippen LogP contribution is -2.26. The molecule has 0 radical (unpaired) electrons. The predicted molar refractivity (Wildman–Crippen MR) is 73.8 cm³/mol. The SMILES string of the molecule is CC(C)Oc1ccc(C(=O)NCCCOCC(F)(F)F)cn1. The molecule has 1 aromatic heterocycles. The third-order valence-corrected chi connectivity index (χ3v) is 2.37. The van der Waals surface area contributed by atoms with Crippen molar-refractivity contribution in [2.24, 2.45) is 0 Å². The topological polar surface area (TPSA) is 60.5 Å². The van der Waals surface area contributed by atoms with Crippen LogP contribution in [-0.2, 0) is 4.74 Å². The van der Waals surface area contributed by atoms with Gasteiger partial charge in [0, 0.05) is 25.4 Å². The molecule has 1 heterocycles. The van der Waals surface area contributed by atoms with E-state index >= 15 is 0 Å². The normalized spacial score (nSPS) is 11.5. The van der Waals surface area contributed by atoms with Gasteiger partial charge >= 0.3 is 6.18 Å². The van der Waals surface area contributed by atoms with E-state index in [-0.39, 0.29) is 25.2 Å². The van der Waals surface area contributed by atoms with Crippen LogP contribution in [0.15, 0.2) is 18.3 Å². The second-order valence-electron chi connectivity index (χ2n) is 4.83. The summed E-state index contributed by atoms with van der Waals surface area (Å²) >= 11 is 0. The van der Waals surface area contributed by atoms with Gasteiger partial charge in [0.2, 0.25) is 5.88 Å². The number of nitrogens with zero attached hydrogens (tertiary/aromatic N) is 1. The monoisotopic (exact) mass is 320 g/mol. The van der Waals surface area contributed by atoms with Gasteiger partial charge in [-0.05, 0) is 26.3 Å². The van der Waals surface area contributed by atoms with Gasteiger partial charge in [0.05, 0.1) is 11.7 Å². The third-order valence-electron chi connectivity index (χ3n) is 2.37. The number of ether oxygens (including phenoxy) is 2. The molecule has 1 amide bonds. The Labute approximate surface area is 126 Å². The number of carbonyl (C=O) groups is 1. The van der Waals surface area contributed by atoms with Gasteiger partial charge < -0.3 is 14.8 Å². The number of rotatable bonds is 8. The van der Waals surface area contributed by atoms with E-state index in [4.69, 9.17) is 4.74 Å². The molecule has 0 unspecified atom stereocenters. The number of alkyl halides is 3. The molecule has 1 aromatic rings. The summed E-state index contributed by atoms with van der Waals surface area (Å²) in [6, 6.07) is 3.15. The van der Waals surface area contributed by atoms with Gasteiger partial charge in [0.25, 0.3) is 5.91 Å². The number of halogens is 3. The summed E-state index contributed by atoms with van der Waals surface area (Å²) < 4.78 is 45.2. The first kappa shape index (κ1) is 18.2. The molecule has 0 spiro atoms. The summed E-state index contributed by atoms with van der Waals surface area (Å²) in [5.74, 6) is 0.0755. The average molecular weight is 320 g/mol. The lowest BCUT2D eigenvalue weighted by atomic mass is 10.2. The summed E-state index contributed by atoms with van der Waals surface area (Å²) in [6.07, 6.45) is -2.66. The van der Waals surface area contributed by atoms with Crippen LogP contribution in [0, 0.1) is 0 Å². The highest BCUT2D eigenvalue weighted by Gasteiger charge is 2.27. The molecule has 8 heteroatoms. The third kappa shape index (κ3) is 7.82. The van der Waals surface area contributed by atoms with Crippen molar-refractivity contribution in [3.8, 4) is 5.88 Å². The highest BCUT2D eigenvalue weighted by atomic mass is 19.4. The Kier molecular flexibility index (Phi) is 7.10. The molecule has 1 N–H and O–H groups in total. The van der Waals surface area contributed by atoms with Gasteiger partial charge in [-0.2, -0.15) is 13.2 Å². The van der Waals surface area contributed by atoms with Crippen molar-refractivity contribution in [2.45, 2.75) is 32.5 Å². The number of hydrogen-bond acceptors (Lipinski definition) is 4. The van der Waals surface area contributed by atoms with E-state index in [1.54, 1.807) is 12.1 Å². The second kappa shape index (κ2) is 8.57. The maximum absolute atomic E-state index is 11.8. The largest absolute Gasteiger partial charge is 0.475 e. The Hall–Kier alpha value is -1.83. The standard InChI is InChI=1S/C14H19F3N2O3/c1-10(2)22-12-5-4-11(8-19-12)13(20)18-6-3-7-21-9-14(15,16)17/h4-5,8,10H,3,6-7,9H2,1-2H3,(H,18,20). The fourth-order valence-electron chi connectivity index (χ4n) is 1.49. The first-order chi connectivity index (χ1) is 10.3. The van der Waals surface area contributed by atoms with E-state index in [9.17, 15) is 18.0 Å². The summed E-state index contributed by atoms with van der Waals surface area (Å²) in [6.45, 7) is 2.61. The van der Waals surface area contributed by atoms with Crippen molar-refractivity contribution < 1.29 is 27.4 Å². The average Bonchev–Trinajstić information content (AvgIpc) is 2.41. The Morgan fingerprint density at radius 2 is 2.09 bits per heavy atom. The fraction of sp³-hybridized carbons (Fsp3) is 0.571. The fourth-order valence-corrected chi connectivity index (χ4v) is 1.49. The molecule has 0 aliphatic rings. The Morgan fingerprint density at radius 3 is 2.64 bits per heavy atom. The Balaban J connectivity index is 2.25. The van der Waals surface area contributed by atoms with E-state index < -0.39 is 12.8 Å². The summed E-state index contributed by atoms with van der Waals surface area (Å²) in [5, 5.41) is 2.58. The highest BCUT2D eigenvalue weighted by Crippen LogP contribution is 2.14. The molecule has 0 aliphatic carbocycles. The van der Waals surface area contributed by atoms with Crippen LogP contribution in [0.3, 0.4) is 0 Å². The summed E-state index contributed by atoms with van der Waals surface area (Å²) in [4.78, 5) is 15.7. The van der Waals surface area contributed by atoms with Gasteiger partial charge in [-0.25, -0.2) is 4.98 Å². The van der Waals surface area contributed by atoms with Crippen LogP contribution in [0.2, 0.25) is 0 Å². The maximum Gasteiger partial charge on any atom is 0.411 e. The van der Waals surface area contributed by atoms with Crippen molar-refractivity contribution >= 4 is 5.91 Å². The first-order valence-electron chi connectivity index (χ1n) is 6.83. The molecule has 124 valence electrons. The van der Waals surface area contributed by atoms with E-state index in [1.807, 2.05) is 13.8 Å². The van der Waals surface area contributed by atoms with Gasteiger partial charge in [-0.15, -0.1) is 0 Å². The van der Waals surface area contributed by atoms with Crippen molar-refractivity contribution in [1.82, 2.24) is 10.3 Å². The summed E-state index contributed by atoms with van der Waals surface area (Å²) in [7, 11) is 0. The quantitative estimate of drug-likeness (QED) is 0.748. The zero-order valence-corrected chi connectivity index (χ0v) is 12.4. The summed E-state index contributed by atoms with van der Waals surface area (Å²) in [5.41, 5.74) is 0.354. The molecule has 0 fully saturated rings. The minimum absolute atomic E-state index is 0.0103. The number of carbonyl (C=O) groups excluding carboxylic acids is 1. The number of aromatic nitrogens is 1. The highest BCUT2D eigenvalue weighted by molar-refractivity contribution is 5.93. The lowest BCUT2D eigenvalue weighted by molar-refractivity contribution is -0.173. The number of pyridine rings is 1. The molecule has 0 atom stereocenters. The van der Waals surface area contributed by atoms with E-state index in [0.29, 0.717) is 17.9 Å². The van der Waals surface area contributed by atoms with Gasteiger partial charge in [-0.1, -0.05) is 0 Å². The van der Waals surface area contributed by atoms with Crippen LogP contribution in [0.25, 0.3) is 0 Å². The number of nitrogens with one attached hydrogen (secondary N) is 1. The minimum Gasteiger partial charge on any atom is -0.475 e. The van der Waals surface area contributed by atoms with Gasteiger partial charge in [0.1, 0.15) is 6.61 Å². The van der Waals surface area contributed by atoms with Crippen LogP contribution in [-0.4, -0.2) is 42.9 Å². The smallest absolute Gasteiger partial charge is 0.411 e. The molecule has 0 aromatic carbocycles. The van der Waals surface area contributed by atoms with E-state index in [1.165, 1.54) is 6.20 Å². The molecule has 0 aliphatic heterocycles. The van der Waals surface area contributed by atoms with Crippen LogP contribution in [0.4, 0.5) is 13.2 Å². The van der Waals surface area contributed by atoms with E-state index in [0.717, 1.165) is 0 Å². The molecule has 22 heavy (non-hydrogen) atoms. The zero-order chi connectivity index (χ0) is 16.6. The lowest BCUT2D eigenvalue weighted by Gasteiger charge is -2.09. The van der Waals surface area contributed by atoms with Crippen molar-refractivity contribution in [1.29, 1.82) is 0 Å². The van der Waals surface area contributed by atoms with Crippen LogP contribution >= 0.6 is 0 Å². The maximum atomic E-state index is 11.8. The predicted octanol–water partition coefficient (Wildman–Crippen LogP) is 2.57. The van der Waals surface area contributed by atoms with Gasteiger partial charge in [0.15, 0.2) is 0 Å². The molecule has 1 rings (SSSR count). The van der Waals surface area contributed by atoms with Crippen LogP contribution in [0.5, 0.6) is 5.88 Å². The Morgan fingerprint density at radius 1 is 1.36 bits per heavy atom. The molecular weight excluding hydrogens is 301 g/mol. The molecule has 0 saturated carbocycles. The first-order valence-corrected chi connectivity index (χ1v) is 6.83. The minimum atomic E-state index is -4.32. The number of amides is 1. The Bertz CT molecular complexity index is 461. The van der Waals surface area contributed by atoms with Crippen molar-refractivity contribution in [3.05, 3.63) is 23.9 Å². The van der Waals surface area contributed by atoms with E-state index in [2.05, 4.69) is 15.0 Å². The molecule has 5 nitrogen and oxygen atoms in total. The molecular formula is C14H19F3N2O3. The van der Waals surface area contributed by atoms with Gasteiger partial charge in [-0.3, -0.25) is 4.79 Å². The van der Waals surface area contributed by atoms with Crippen LogP contribution in [0.1, 0.15) is 30.6 Å². The number of hydrogen-bond donors (Lipinski definition) is 1. The van der Waals surface area contributed by atoms with Crippen molar-refractivity contribution in [2.75, 3.05) is 19.8 Å². The molecule has 0 bridgehead atoms.